The quantitative estimate of drug-likeness (QED) is 0.541. The summed E-state index contributed by atoms with van der Waals surface area (Å²) < 4.78 is 6.89. The van der Waals surface area contributed by atoms with Crippen LogP contribution in [0.3, 0.4) is 0 Å². The van der Waals surface area contributed by atoms with Crippen molar-refractivity contribution >= 4 is 45.2 Å². The number of hydrogen-bond acceptors (Lipinski definition) is 3. The first-order chi connectivity index (χ1) is 12.6. The minimum absolute atomic E-state index is 0.106. The number of ether oxygens (including phenoxy) is 1. The van der Waals surface area contributed by atoms with Crippen LogP contribution in [0.25, 0.3) is 6.08 Å². The van der Waals surface area contributed by atoms with E-state index in [4.69, 9.17) is 17.0 Å². The second-order valence-electron chi connectivity index (χ2n) is 5.90. The van der Waals surface area contributed by atoms with E-state index in [0.717, 1.165) is 22.0 Å². The summed E-state index contributed by atoms with van der Waals surface area (Å²) in [5, 5.41) is 3.45. The Bertz CT molecular complexity index is 852. The largest absolute Gasteiger partial charge is 0.488 e. The molecule has 0 saturated carbocycles. The van der Waals surface area contributed by atoms with E-state index in [9.17, 15) is 4.79 Å². The molecule has 0 aliphatic carbocycles. The van der Waals surface area contributed by atoms with Gasteiger partial charge in [-0.1, -0.05) is 53.2 Å². The van der Waals surface area contributed by atoms with Gasteiger partial charge in [0.1, 0.15) is 18.1 Å². The van der Waals surface area contributed by atoms with Gasteiger partial charge in [-0.15, -0.1) is 0 Å². The molecule has 1 aliphatic rings. The fourth-order valence-electron chi connectivity index (χ4n) is 2.65. The lowest BCUT2D eigenvalue weighted by Crippen LogP contribution is -2.31. The number of amides is 1. The Kier molecular flexibility index (Phi) is 6.06. The monoisotopic (exact) mass is 430 g/mol. The molecule has 2 aromatic carbocycles. The number of benzene rings is 2. The first kappa shape index (κ1) is 18.6. The van der Waals surface area contributed by atoms with E-state index < -0.39 is 0 Å². The van der Waals surface area contributed by atoms with Crippen LogP contribution < -0.4 is 10.1 Å². The van der Waals surface area contributed by atoms with Crippen LogP contribution in [0.4, 0.5) is 0 Å². The van der Waals surface area contributed by atoms with Crippen molar-refractivity contribution in [1.29, 1.82) is 0 Å². The Morgan fingerprint density at radius 3 is 2.73 bits per heavy atom. The molecule has 1 saturated heterocycles. The predicted molar refractivity (Wildman–Crippen MR) is 111 cm³/mol. The molecule has 1 fully saturated rings. The van der Waals surface area contributed by atoms with Crippen LogP contribution >= 0.6 is 28.1 Å². The molecule has 4 nitrogen and oxygen atoms in total. The van der Waals surface area contributed by atoms with Crippen LogP contribution in [0.15, 0.2) is 58.7 Å². The van der Waals surface area contributed by atoms with Gasteiger partial charge in [-0.3, -0.25) is 9.69 Å². The summed E-state index contributed by atoms with van der Waals surface area (Å²) in [5.74, 6) is 0.602. The first-order valence-corrected chi connectivity index (χ1v) is 9.59. The molecule has 0 bridgehead atoms. The van der Waals surface area contributed by atoms with Gasteiger partial charge in [0, 0.05) is 16.6 Å². The van der Waals surface area contributed by atoms with E-state index in [1.807, 2.05) is 55.5 Å². The van der Waals surface area contributed by atoms with Crippen molar-refractivity contribution in [2.45, 2.75) is 20.0 Å². The Morgan fingerprint density at radius 1 is 1.23 bits per heavy atom. The average Bonchev–Trinajstić information content (AvgIpc) is 2.90. The highest BCUT2D eigenvalue weighted by molar-refractivity contribution is 9.10. The molecule has 0 atom stereocenters. The van der Waals surface area contributed by atoms with Gasteiger partial charge in [0.15, 0.2) is 5.11 Å². The van der Waals surface area contributed by atoms with Crippen molar-refractivity contribution in [3.05, 3.63) is 69.8 Å². The zero-order valence-corrected chi connectivity index (χ0v) is 16.8. The normalized spacial score (nSPS) is 15.5. The summed E-state index contributed by atoms with van der Waals surface area (Å²) in [6.45, 7) is 3.08. The second-order valence-corrected chi connectivity index (χ2v) is 7.20. The van der Waals surface area contributed by atoms with Gasteiger partial charge in [0.2, 0.25) is 0 Å². The SMILES string of the molecule is CCCN1C(=O)/C(=C/c2cc(Br)ccc2OCc2ccccc2)NC1=S. The van der Waals surface area contributed by atoms with Crippen molar-refractivity contribution in [1.82, 2.24) is 10.2 Å². The molecule has 3 rings (SSSR count). The van der Waals surface area contributed by atoms with Crippen LogP contribution in [0.1, 0.15) is 24.5 Å². The van der Waals surface area contributed by atoms with Crippen LogP contribution in [0, 0.1) is 0 Å². The van der Waals surface area contributed by atoms with Crippen LogP contribution in [-0.2, 0) is 11.4 Å². The van der Waals surface area contributed by atoms with Crippen molar-refractivity contribution in [2.75, 3.05) is 6.54 Å². The summed E-state index contributed by atoms with van der Waals surface area (Å²) in [5.41, 5.74) is 2.36. The lowest BCUT2D eigenvalue weighted by atomic mass is 10.1. The van der Waals surface area contributed by atoms with Crippen molar-refractivity contribution in [3.63, 3.8) is 0 Å². The Hall–Kier alpha value is -2.18. The van der Waals surface area contributed by atoms with E-state index in [2.05, 4.69) is 21.2 Å². The summed E-state index contributed by atoms with van der Waals surface area (Å²) in [6.07, 6.45) is 2.64. The van der Waals surface area contributed by atoms with Gasteiger partial charge in [0.25, 0.3) is 5.91 Å². The molecule has 0 aromatic heterocycles. The van der Waals surface area contributed by atoms with Gasteiger partial charge < -0.3 is 10.1 Å². The molecular weight excluding hydrogens is 412 g/mol. The molecule has 1 heterocycles. The zero-order chi connectivity index (χ0) is 18.5. The highest BCUT2D eigenvalue weighted by Gasteiger charge is 2.29. The highest BCUT2D eigenvalue weighted by Crippen LogP contribution is 2.27. The van der Waals surface area contributed by atoms with E-state index in [1.165, 1.54) is 0 Å². The maximum absolute atomic E-state index is 12.5. The number of halogens is 1. The Labute approximate surface area is 167 Å². The van der Waals surface area contributed by atoms with E-state index in [0.29, 0.717) is 29.7 Å². The molecule has 0 radical (unpaired) electrons. The predicted octanol–water partition coefficient (Wildman–Crippen LogP) is 4.50. The Balaban J connectivity index is 1.84. The highest BCUT2D eigenvalue weighted by atomic mass is 79.9. The van der Waals surface area contributed by atoms with Gasteiger partial charge >= 0.3 is 0 Å². The smallest absolute Gasteiger partial charge is 0.276 e. The van der Waals surface area contributed by atoms with E-state index in [1.54, 1.807) is 11.0 Å². The number of nitrogens with zero attached hydrogens (tertiary/aromatic N) is 1. The lowest BCUT2D eigenvalue weighted by molar-refractivity contribution is -0.122. The molecule has 0 spiro atoms. The third kappa shape index (κ3) is 4.31. The lowest BCUT2D eigenvalue weighted by Gasteiger charge is -2.11. The van der Waals surface area contributed by atoms with Gasteiger partial charge in [-0.25, -0.2) is 0 Å². The summed E-state index contributed by atoms with van der Waals surface area (Å²) in [4.78, 5) is 14.1. The van der Waals surface area contributed by atoms with Gasteiger partial charge in [0.05, 0.1) is 0 Å². The van der Waals surface area contributed by atoms with Crippen LogP contribution in [0.2, 0.25) is 0 Å². The summed E-state index contributed by atoms with van der Waals surface area (Å²) in [7, 11) is 0. The molecule has 1 amide bonds. The number of hydrogen-bond donors (Lipinski definition) is 1. The number of carbonyl (C=O) groups excluding carboxylic acids is 1. The Morgan fingerprint density at radius 2 is 2.00 bits per heavy atom. The van der Waals surface area contributed by atoms with Gasteiger partial charge in [-0.2, -0.15) is 0 Å². The van der Waals surface area contributed by atoms with Gasteiger partial charge in [-0.05, 0) is 48.5 Å². The molecule has 1 N–H and O–H groups in total. The number of carbonyl (C=O) groups is 1. The molecule has 1 aliphatic heterocycles. The topological polar surface area (TPSA) is 41.6 Å². The average molecular weight is 431 g/mol. The third-order valence-electron chi connectivity index (χ3n) is 3.92. The number of nitrogens with one attached hydrogen (secondary N) is 1. The van der Waals surface area contributed by atoms with E-state index >= 15 is 0 Å². The number of thiocarbonyl (C=S) groups is 1. The molecule has 0 unspecified atom stereocenters. The fraction of sp³-hybridized carbons (Fsp3) is 0.200. The molecule has 2 aromatic rings. The molecule has 26 heavy (non-hydrogen) atoms. The number of rotatable bonds is 6. The zero-order valence-electron chi connectivity index (χ0n) is 14.4. The minimum Gasteiger partial charge on any atom is -0.488 e. The second kappa shape index (κ2) is 8.47. The third-order valence-corrected chi connectivity index (χ3v) is 4.73. The van der Waals surface area contributed by atoms with Crippen LogP contribution in [-0.4, -0.2) is 22.5 Å². The maximum atomic E-state index is 12.5. The fourth-order valence-corrected chi connectivity index (χ4v) is 3.32. The van der Waals surface area contributed by atoms with Crippen molar-refractivity contribution in [3.8, 4) is 5.75 Å². The van der Waals surface area contributed by atoms with E-state index in [-0.39, 0.29) is 5.91 Å². The molecule has 134 valence electrons. The van der Waals surface area contributed by atoms with Crippen LogP contribution in [0.5, 0.6) is 5.75 Å². The van der Waals surface area contributed by atoms with Crippen molar-refractivity contribution < 1.29 is 9.53 Å². The summed E-state index contributed by atoms with van der Waals surface area (Å²) >= 11 is 8.74. The summed E-state index contributed by atoms with van der Waals surface area (Å²) in [6, 6.07) is 15.7. The van der Waals surface area contributed by atoms with Crippen molar-refractivity contribution in [2.24, 2.45) is 0 Å². The minimum atomic E-state index is -0.106. The maximum Gasteiger partial charge on any atom is 0.276 e. The molecular formula is C20H19BrN2O2S. The molecule has 6 heteroatoms. The first-order valence-electron chi connectivity index (χ1n) is 8.39. The standard InChI is InChI=1S/C20H19BrN2O2S/c1-2-10-23-19(24)17(22-20(23)26)12-15-11-16(21)8-9-18(15)25-13-14-6-4-3-5-7-14/h3-9,11-12H,2,10,13H2,1H3,(H,22,26)/b17-12-.